The molecule has 1 aromatic rings. The van der Waals surface area contributed by atoms with Crippen LogP contribution in [0.3, 0.4) is 0 Å². The van der Waals surface area contributed by atoms with E-state index in [1.807, 2.05) is 4.90 Å². The second-order valence-electron chi connectivity index (χ2n) is 6.89. The highest BCUT2D eigenvalue weighted by Crippen LogP contribution is 2.26. The van der Waals surface area contributed by atoms with Crippen molar-refractivity contribution in [1.82, 2.24) is 19.7 Å². The van der Waals surface area contributed by atoms with Gasteiger partial charge in [-0.25, -0.2) is 4.68 Å². The third-order valence-corrected chi connectivity index (χ3v) is 4.23. The SMILES string of the molecule is CC(C)CN1CC(C(=O)N2CC(C)Cn3ncnc32)CC1=O. The first-order valence-corrected chi connectivity index (χ1v) is 7.92. The van der Waals surface area contributed by atoms with Crippen LogP contribution >= 0.6 is 0 Å². The highest BCUT2D eigenvalue weighted by Gasteiger charge is 2.39. The number of anilines is 1. The molecule has 1 fully saturated rings. The molecule has 2 aliphatic rings. The van der Waals surface area contributed by atoms with Gasteiger partial charge < -0.3 is 4.90 Å². The third-order valence-electron chi connectivity index (χ3n) is 4.23. The van der Waals surface area contributed by atoms with Crippen molar-refractivity contribution in [3.63, 3.8) is 0 Å². The van der Waals surface area contributed by atoms with Gasteiger partial charge in [0, 0.05) is 32.6 Å². The van der Waals surface area contributed by atoms with Crippen molar-refractivity contribution in [2.45, 2.75) is 33.7 Å². The Balaban J connectivity index is 1.74. The topological polar surface area (TPSA) is 71.3 Å². The molecule has 0 bridgehead atoms. The fourth-order valence-electron chi connectivity index (χ4n) is 3.31. The van der Waals surface area contributed by atoms with E-state index in [9.17, 15) is 9.59 Å². The lowest BCUT2D eigenvalue weighted by molar-refractivity contribution is -0.128. The summed E-state index contributed by atoms with van der Waals surface area (Å²) in [7, 11) is 0. The highest BCUT2D eigenvalue weighted by atomic mass is 16.2. The molecule has 120 valence electrons. The van der Waals surface area contributed by atoms with E-state index in [4.69, 9.17) is 0 Å². The summed E-state index contributed by atoms with van der Waals surface area (Å²) in [5, 5.41) is 4.17. The molecule has 0 spiro atoms. The van der Waals surface area contributed by atoms with E-state index >= 15 is 0 Å². The molecule has 0 radical (unpaired) electrons. The van der Waals surface area contributed by atoms with Gasteiger partial charge in [-0.1, -0.05) is 20.8 Å². The molecule has 2 amide bonds. The molecule has 3 rings (SSSR count). The van der Waals surface area contributed by atoms with Crippen LogP contribution in [0.15, 0.2) is 6.33 Å². The Morgan fingerprint density at radius 3 is 2.86 bits per heavy atom. The molecule has 0 N–H and O–H groups in total. The van der Waals surface area contributed by atoms with E-state index in [-0.39, 0.29) is 17.7 Å². The number of amides is 2. The largest absolute Gasteiger partial charge is 0.342 e. The monoisotopic (exact) mass is 305 g/mol. The lowest BCUT2D eigenvalue weighted by Crippen LogP contribution is -2.45. The van der Waals surface area contributed by atoms with Crippen molar-refractivity contribution in [2.75, 3.05) is 24.5 Å². The van der Waals surface area contributed by atoms with Gasteiger partial charge in [-0.2, -0.15) is 10.1 Å². The lowest BCUT2D eigenvalue weighted by Gasteiger charge is -2.31. The first kappa shape index (κ1) is 15.0. The van der Waals surface area contributed by atoms with E-state index in [1.165, 1.54) is 6.33 Å². The van der Waals surface area contributed by atoms with Crippen LogP contribution in [0, 0.1) is 17.8 Å². The van der Waals surface area contributed by atoms with Crippen LogP contribution in [-0.4, -0.2) is 51.1 Å². The van der Waals surface area contributed by atoms with Crippen LogP contribution in [0.1, 0.15) is 27.2 Å². The summed E-state index contributed by atoms with van der Waals surface area (Å²) < 4.78 is 1.77. The number of nitrogens with zero attached hydrogens (tertiary/aromatic N) is 5. The molecule has 2 aliphatic heterocycles. The number of rotatable bonds is 3. The summed E-state index contributed by atoms with van der Waals surface area (Å²) in [6.07, 6.45) is 1.79. The van der Waals surface area contributed by atoms with Gasteiger partial charge in [-0.3, -0.25) is 14.5 Å². The molecule has 7 nitrogen and oxygen atoms in total. The van der Waals surface area contributed by atoms with Gasteiger partial charge in [-0.05, 0) is 11.8 Å². The average Bonchev–Trinajstić information content (AvgIpc) is 3.04. The lowest BCUT2D eigenvalue weighted by atomic mass is 10.0. The summed E-state index contributed by atoms with van der Waals surface area (Å²) in [5.74, 6) is 1.18. The Bertz CT molecular complexity index is 582. The van der Waals surface area contributed by atoms with Crippen molar-refractivity contribution in [2.24, 2.45) is 17.8 Å². The number of carbonyl (C=O) groups is 2. The van der Waals surface area contributed by atoms with Crippen LogP contribution in [0.25, 0.3) is 0 Å². The number of fused-ring (bicyclic) bond motifs is 1. The Labute approximate surface area is 130 Å². The molecule has 3 heterocycles. The minimum Gasteiger partial charge on any atom is -0.342 e. The highest BCUT2D eigenvalue weighted by molar-refractivity contribution is 5.98. The number of hydrogen-bond donors (Lipinski definition) is 0. The van der Waals surface area contributed by atoms with E-state index in [2.05, 4.69) is 30.9 Å². The maximum atomic E-state index is 12.8. The molecule has 1 saturated heterocycles. The average molecular weight is 305 g/mol. The summed E-state index contributed by atoms with van der Waals surface area (Å²) >= 11 is 0. The molecule has 7 heteroatoms. The van der Waals surface area contributed by atoms with E-state index in [0.29, 0.717) is 37.3 Å². The predicted molar refractivity (Wildman–Crippen MR) is 81.1 cm³/mol. The first-order valence-electron chi connectivity index (χ1n) is 7.92. The van der Waals surface area contributed by atoms with Crippen LogP contribution in [0.2, 0.25) is 0 Å². The third kappa shape index (κ3) is 2.71. The molecule has 0 saturated carbocycles. The number of likely N-dealkylation sites (tertiary alicyclic amines) is 1. The summed E-state index contributed by atoms with van der Waals surface area (Å²) in [6.45, 7) is 8.92. The van der Waals surface area contributed by atoms with E-state index in [1.54, 1.807) is 9.58 Å². The molecular formula is C15H23N5O2. The van der Waals surface area contributed by atoms with Gasteiger partial charge >= 0.3 is 0 Å². The van der Waals surface area contributed by atoms with Crippen LogP contribution < -0.4 is 4.90 Å². The number of aromatic nitrogens is 3. The normalized spacial score (nSPS) is 25.0. The maximum absolute atomic E-state index is 12.8. The zero-order valence-electron chi connectivity index (χ0n) is 13.4. The van der Waals surface area contributed by atoms with Crippen LogP contribution in [-0.2, 0) is 16.1 Å². The quantitative estimate of drug-likeness (QED) is 0.827. The van der Waals surface area contributed by atoms with Crippen molar-refractivity contribution < 1.29 is 9.59 Å². The van der Waals surface area contributed by atoms with Crippen LogP contribution in [0.4, 0.5) is 5.95 Å². The summed E-state index contributed by atoms with van der Waals surface area (Å²) in [4.78, 5) is 32.7. The second-order valence-corrected chi connectivity index (χ2v) is 6.89. The first-order chi connectivity index (χ1) is 10.5. The smallest absolute Gasteiger partial charge is 0.234 e. The molecule has 0 aromatic carbocycles. The Morgan fingerprint density at radius 2 is 2.14 bits per heavy atom. The van der Waals surface area contributed by atoms with Gasteiger partial charge in [0.05, 0.1) is 5.92 Å². The Morgan fingerprint density at radius 1 is 1.36 bits per heavy atom. The fraction of sp³-hybridized carbons (Fsp3) is 0.733. The van der Waals surface area contributed by atoms with Crippen molar-refractivity contribution in [3.8, 4) is 0 Å². The standard InChI is InChI=1S/C15H23N5O2/c1-10(2)5-18-8-12(4-13(18)21)14(22)19-6-11(3)7-20-15(19)16-9-17-20/h9-12H,4-8H2,1-3H3. The van der Waals surface area contributed by atoms with Crippen molar-refractivity contribution in [1.29, 1.82) is 0 Å². The van der Waals surface area contributed by atoms with Gasteiger partial charge in [0.1, 0.15) is 6.33 Å². The Hall–Kier alpha value is -1.92. The summed E-state index contributed by atoms with van der Waals surface area (Å²) in [5.41, 5.74) is 0. The fourth-order valence-corrected chi connectivity index (χ4v) is 3.31. The van der Waals surface area contributed by atoms with Gasteiger partial charge in [-0.15, -0.1) is 0 Å². The van der Waals surface area contributed by atoms with Gasteiger partial charge in [0.25, 0.3) is 0 Å². The maximum Gasteiger partial charge on any atom is 0.234 e. The van der Waals surface area contributed by atoms with Gasteiger partial charge in [0.2, 0.25) is 17.8 Å². The van der Waals surface area contributed by atoms with Gasteiger partial charge in [0.15, 0.2) is 0 Å². The zero-order chi connectivity index (χ0) is 15.9. The van der Waals surface area contributed by atoms with Crippen molar-refractivity contribution in [3.05, 3.63) is 6.33 Å². The van der Waals surface area contributed by atoms with E-state index in [0.717, 1.165) is 13.1 Å². The molecule has 2 atom stereocenters. The predicted octanol–water partition coefficient (Wildman–Crippen LogP) is 0.765. The summed E-state index contributed by atoms with van der Waals surface area (Å²) in [6, 6.07) is 0. The minimum atomic E-state index is -0.262. The molecule has 0 aliphatic carbocycles. The van der Waals surface area contributed by atoms with Crippen molar-refractivity contribution >= 4 is 17.8 Å². The molecule has 1 aromatic heterocycles. The second kappa shape index (κ2) is 5.70. The Kier molecular flexibility index (Phi) is 3.88. The molecule has 22 heavy (non-hydrogen) atoms. The number of hydrogen-bond acceptors (Lipinski definition) is 4. The zero-order valence-corrected chi connectivity index (χ0v) is 13.4. The molecule has 2 unspecified atom stereocenters. The van der Waals surface area contributed by atoms with E-state index < -0.39 is 0 Å². The number of carbonyl (C=O) groups excluding carboxylic acids is 2. The van der Waals surface area contributed by atoms with Crippen LogP contribution in [0.5, 0.6) is 0 Å². The minimum absolute atomic E-state index is 0.000376. The molecular weight excluding hydrogens is 282 g/mol.